The number of likely N-dealkylation sites (N-methyl/N-ethyl adjacent to an activating group) is 1. The molecule has 0 spiro atoms. The second-order valence-electron chi connectivity index (χ2n) is 5.86. The first kappa shape index (κ1) is 18.3. The van der Waals surface area contributed by atoms with Gasteiger partial charge in [0.2, 0.25) is 5.91 Å². The van der Waals surface area contributed by atoms with Gasteiger partial charge < -0.3 is 20.1 Å². The predicted molar refractivity (Wildman–Crippen MR) is 88.7 cm³/mol. The fourth-order valence-corrected chi connectivity index (χ4v) is 2.24. The van der Waals surface area contributed by atoms with Crippen LogP contribution in [0, 0.1) is 0 Å². The topological polar surface area (TPSA) is 59.6 Å². The summed E-state index contributed by atoms with van der Waals surface area (Å²) in [5, 5.41) is 6.27. The van der Waals surface area contributed by atoms with E-state index in [9.17, 15) is 4.79 Å². The molecule has 22 heavy (non-hydrogen) atoms. The van der Waals surface area contributed by atoms with Crippen molar-refractivity contribution in [3.63, 3.8) is 0 Å². The van der Waals surface area contributed by atoms with Crippen LogP contribution in [0.1, 0.15) is 33.3 Å². The fourth-order valence-electron chi connectivity index (χ4n) is 2.24. The van der Waals surface area contributed by atoms with Crippen molar-refractivity contribution in [1.82, 2.24) is 10.6 Å². The zero-order chi connectivity index (χ0) is 16.8. The summed E-state index contributed by atoms with van der Waals surface area (Å²) in [4.78, 5) is 12.5. The second-order valence-corrected chi connectivity index (χ2v) is 5.86. The molecule has 1 amide bonds. The first-order valence-corrected chi connectivity index (χ1v) is 7.61. The van der Waals surface area contributed by atoms with Gasteiger partial charge in [-0.2, -0.15) is 0 Å². The Kier molecular flexibility index (Phi) is 6.68. The first-order chi connectivity index (χ1) is 10.4. The summed E-state index contributed by atoms with van der Waals surface area (Å²) < 4.78 is 10.6. The van der Waals surface area contributed by atoms with Crippen LogP contribution in [0.4, 0.5) is 0 Å². The molecule has 0 aliphatic carbocycles. The van der Waals surface area contributed by atoms with Crippen LogP contribution in [0.3, 0.4) is 0 Å². The molecule has 5 heteroatoms. The number of amides is 1. The number of carbonyl (C=O) groups excluding carboxylic acids is 1. The lowest BCUT2D eigenvalue weighted by atomic mass is 9.83. The highest BCUT2D eigenvalue weighted by molar-refractivity contribution is 5.87. The number of methoxy groups -OCH3 is 2. The Morgan fingerprint density at radius 1 is 1.23 bits per heavy atom. The molecule has 1 atom stereocenters. The lowest BCUT2D eigenvalue weighted by Gasteiger charge is -2.26. The van der Waals surface area contributed by atoms with Gasteiger partial charge >= 0.3 is 0 Å². The maximum atomic E-state index is 12.5. The first-order valence-electron chi connectivity index (χ1n) is 7.61. The molecule has 0 saturated carbocycles. The van der Waals surface area contributed by atoms with Crippen LogP contribution in [-0.4, -0.2) is 39.3 Å². The molecule has 1 aromatic rings. The minimum Gasteiger partial charge on any atom is -0.493 e. The van der Waals surface area contributed by atoms with Crippen LogP contribution in [-0.2, 0) is 10.2 Å². The van der Waals surface area contributed by atoms with E-state index in [2.05, 4.69) is 10.6 Å². The van der Waals surface area contributed by atoms with E-state index in [0.29, 0.717) is 18.0 Å². The average molecular weight is 308 g/mol. The normalized spacial score (nSPS) is 12.6. The molecule has 0 saturated heterocycles. The van der Waals surface area contributed by atoms with Gasteiger partial charge in [-0.05, 0) is 45.0 Å². The minimum absolute atomic E-state index is 0.00975. The van der Waals surface area contributed by atoms with Crippen molar-refractivity contribution in [2.45, 2.75) is 39.2 Å². The zero-order valence-corrected chi connectivity index (χ0v) is 14.4. The SMILES string of the molecule is CCN[C@H](C)CNC(=O)C(C)(C)c1ccc(OC)c(OC)c1. The second kappa shape index (κ2) is 8.03. The molecule has 0 heterocycles. The van der Waals surface area contributed by atoms with Gasteiger partial charge in [0.25, 0.3) is 0 Å². The third-order valence-electron chi connectivity index (χ3n) is 3.79. The molecule has 0 fully saturated rings. The molecule has 124 valence electrons. The highest BCUT2D eigenvalue weighted by Crippen LogP contribution is 2.33. The maximum Gasteiger partial charge on any atom is 0.230 e. The van der Waals surface area contributed by atoms with Crippen LogP contribution in [0.2, 0.25) is 0 Å². The van der Waals surface area contributed by atoms with E-state index in [-0.39, 0.29) is 11.9 Å². The van der Waals surface area contributed by atoms with Gasteiger partial charge in [-0.3, -0.25) is 4.79 Å². The van der Waals surface area contributed by atoms with Crippen LogP contribution in [0.15, 0.2) is 18.2 Å². The average Bonchev–Trinajstić information content (AvgIpc) is 2.51. The van der Waals surface area contributed by atoms with Crippen molar-refractivity contribution in [3.8, 4) is 11.5 Å². The van der Waals surface area contributed by atoms with Crippen molar-refractivity contribution in [3.05, 3.63) is 23.8 Å². The van der Waals surface area contributed by atoms with Crippen molar-refractivity contribution >= 4 is 5.91 Å². The highest BCUT2D eigenvalue weighted by Gasteiger charge is 2.30. The summed E-state index contributed by atoms with van der Waals surface area (Å²) in [5.74, 6) is 1.27. The largest absolute Gasteiger partial charge is 0.493 e. The van der Waals surface area contributed by atoms with Gasteiger partial charge in [-0.15, -0.1) is 0 Å². The molecule has 5 nitrogen and oxygen atoms in total. The summed E-state index contributed by atoms with van der Waals surface area (Å²) in [6.45, 7) is 9.39. The fraction of sp³-hybridized carbons (Fsp3) is 0.588. The molecular weight excluding hydrogens is 280 g/mol. The molecule has 1 rings (SSSR count). The Morgan fingerprint density at radius 2 is 1.86 bits per heavy atom. The Bertz CT molecular complexity index is 501. The number of benzene rings is 1. The number of rotatable bonds is 8. The standard InChI is InChI=1S/C17H28N2O3/c1-7-18-12(2)11-19-16(20)17(3,4)13-8-9-14(21-5)15(10-13)22-6/h8-10,12,18H,7,11H2,1-6H3,(H,19,20)/t12-/m1/s1. The van der Waals surface area contributed by atoms with Crippen molar-refractivity contribution < 1.29 is 14.3 Å². The van der Waals surface area contributed by atoms with Crippen molar-refractivity contribution in [2.75, 3.05) is 27.3 Å². The van der Waals surface area contributed by atoms with Gasteiger partial charge in [-0.1, -0.05) is 13.0 Å². The van der Waals surface area contributed by atoms with Gasteiger partial charge in [-0.25, -0.2) is 0 Å². The monoisotopic (exact) mass is 308 g/mol. The lowest BCUT2D eigenvalue weighted by molar-refractivity contribution is -0.125. The van der Waals surface area contributed by atoms with Crippen LogP contribution in [0.25, 0.3) is 0 Å². The molecule has 0 aliphatic heterocycles. The smallest absolute Gasteiger partial charge is 0.230 e. The van der Waals surface area contributed by atoms with E-state index < -0.39 is 5.41 Å². The Morgan fingerprint density at radius 3 is 2.41 bits per heavy atom. The Balaban J connectivity index is 2.86. The van der Waals surface area contributed by atoms with Crippen LogP contribution < -0.4 is 20.1 Å². The third kappa shape index (κ3) is 4.37. The van der Waals surface area contributed by atoms with Gasteiger partial charge in [0.05, 0.1) is 19.6 Å². The van der Waals surface area contributed by atoms with Gasteiger partial charge in [0.1, 0.15) is 0 Å². The predicted octanol–water partition coefficient (Wildman–Crippen LogP) is 2.10. The summed E-state index contributed by atoms with van der Waals surface area (Å²) in [5.41, 5.74) is 0.240. The highest BCUT2D eigenvalue weighted by atomic mass is 16.5. The van der Waals surface area contributed by atoms with Crippen molar-refractivity contribution in [2.24, 2.45) is 0 Å². The van der Waals surface area contributed by atoms with E-state index in [1.165, 1.54) is 0 Å². The molecule has 0 radical (unpaired) electrons. The van der Waals surface area contributed by atoms with Crippen LogP contribution >= 0.6 is 0 Å². The van der Waals surface area contributed by atoms with E-state index in [1.807, 2.05) is 45.9 Å². The molecular formula is C17H28N2O3. The van der Waals surface area contributed by atoms with Crippen LogP contribution in [0.5, 0.6) is 11.5 Å². The van der Waals surface area contributed by atoms with Gasteiger partial charge in [0, 0.05) is 12.6 Å². The Labute approximate surface area is 133 Å². The quantitative estimate of drug-likeness (QED) is 0.772. The zero-order valence-electron chi connectivity index (χ0n) is 14.4. The lowest BCUT2D eigenvalue weighted by Crippen LogP contribution is -2.45. The molecule has 0 unspecified atom stereocenters. The van der Waals surface area contributed by atoms with Gasteiger partial charge in [0.15, 0.2) is 11.5 Å². The summed E-state index contributed by atoms with van der Waals surface area (Å²) in [7, 11) is 3.18. The van der Waals surface area contributed by atoms with E-state index in [4.69, 9.17) is 9.47 Å². The molecule has 1 aromatic carbocycles. The Hall–Kier alpha value is -1.75. The minimum atomic E-state index is -0.647. The number of ether oxygens (including phenoxy) is 2. The number of nitrogens with one attached hydrogen (secondary N) is 2. The van der Waals surface area contributed by atoms with Crippen molar-refractivity contribution in [1.29, 1.82) is 0 Å². The molecule has 0 aromatic heterocycles. The number of hydrogen-bond donors (Lipinski definition) is 2. The molecule has 2 N–H and O–H groups in total. The summed E-state index contributed by atoms with van der Waals surface area (Å²) in [6.07, 6.45) is 0. The summed E-state index contributed by atoms with van der Waals surface area (Å²) >= 11 is 0. The number of hydrogen-bond acceptors (Lipinski definition) is 4. The third-order valence-corrected chi connectivity index (χ3v) is 3.79. The van der Waals surface area contributed by atoms with E-state index in [0.717, 1.165) is 12.1 Å². The molecule has 0 aliphatic rings. The van der Waals surface area contributed by atoms with E-state index in [1.54, 1.807) is 14.2 Å². The maximum absolute atomic E-state index is 12.5. The molecule has 0 bridgehead atoms. The summed E-state index contributed by atoms with van der Waals surface area (Å²) in [6, 6.07) is 5.82. The number of carbonyl (C=O) groups is 1. The van der Waals surface area contributed by atoms with E-state index >= 15 is 0 Å².